The van der Waals surface area contributed by atoms with E-state index in [4.69, 9.17) is 16.3 Å². The Hall–Kier alpha value is -2.68. The topological polar surface area (TPSA) is 113 Å². The van der Waals surface area contributed by atoms with Crippen molar-refractivity contribution in [2.24, 2.45) is 0 Å². The van der Waals surface area contributed by atoms with Gasteiger partial charge in [0.25, 0.3) is 5.91 Å². The molecule has 0 radical (unpaired) electrons. The highest BCUT2D eigenvalue weighted by Gasteiger charge is 2.24. The number of aromatic amines is 1. The molecule has 27 heavy (non-hydrogen) atoms. The molecule has 2 aromatic rings. The lowest BCUT2D eigenvalue weighted by Gasteiger charge is -2.31. The van der Waals surface area contributed by atoms with Crippen LogP contribution in [0.2, 0.25) is 5.02 Å². The fraction of sp³-hybridized carbons (Fsp3) is 0.471. The minimum Gasteiger partial charge on any atom is -0.489 e. The van der Waals surface area contributed by atoms with E-state index in [0.29, 0.717) is 48.1 Å². The number of ether oxygens (including phenoxy) is 1. The van der Waals surface area contributed by atoms with Gasteiger partial charge in [-0.1, -0.05) is 16.8 Å². The minimum absolute atomic E-state index is 0.0652. The molecule has 1 aliphatic rings. The Morgan fingerprint density at radius 2 is 2.11 bits per heavy atom. The largest absolute Gasteiger partial charge is 0.489 e. The Morgan fingerprint density at radius 1 is 1.37 bits per heavy atom. The molecule has 1 fully saturated rings. The predicted octanol–water partition coefficient (Wildman–Crippen LogP) is 1.73. The number of likely N-dealkylation sites (tertiary alicyclic amines) is 1. The number of H-pyrrole nitrogens is 1. The molecule has 9 nitrogen and oxygen atoms in total. The number of nitrogens with one attached hydrogen (secondary N) is 2. The van der Waals surface area contributed by atoms with E-state index >= 15 is 0 Å². The van der Waals surface area contributed by atoms with Gasteiger partial charge < -0.3 is 15.0 Å². The average molecular weight is 393 g/mol. The van der Waals surface area contributed by atoms with Gasteiger partial charge in [-0.15, -0.1) is 10.2 Å². The van der Waals surface area contributed by atoms with Crippen molar-refractivity contribution >= 4 is 23.4 Å². The second-order valence-corrected chi connectivity index (χ2v) is 6.87. The van der Waals surface area contributed by atoms with E-state index in [1.165, 1.54) is 0 Å². The summed E-state index contributed by atoms with van der Waals surface area (Å²) < 4.78 is 6.06. The van der Waals surface area contributed by atoms with Gasteiger partial charge in [0.1, 0.15) is 11.9 Å². The van der Waals surface area contributed by atoms with Crippen LogP contribution < -0.4 is 10.1 Å². The van der Waals surface area contributed by atoms with Crippen LogP contribution >= 0.6 is 11.6 Å². The van der Waals surface area contributed by atoms with Crippen LogP contribution in [-0.4, -0.2) is 56.5 Å². The van der Waals surface area contributed by atoms with Crippen molar-refractivity contribution in [3.8, 4) is 5.75 Å². The molecule has 1 aromatic carbocycles. The SMILES string of the molecule is CC(=O)N1CCC(Oc2ccc(Cl)cc2C(=O)N[C@@H](C)c2nn[nH]n2)CC1. The molecule has 10 heteroatoms. The smallest absolute Gasteiger partial charge is 0.255 e. The number of amides is 2. The van der Waals surface area contributed by atoms with Gasteiger partial charge in [-0.25, -0.2) is 0 Å². The van der Waals surface area contributed by atoms with Crippen LogP contribution in [0.1, 0.15) is 48.9 Å². The summed E-state index contributed by atoms with van der Waals surface area (Å²) >= 11 is 6.07. The van der Waals surface area contributed by atoms with E-state index in [1.54, 1.807) is 36.9 Å². The summed E-state index contributed by atoms with van der Waals surface area (Å²) in [5.74, 6) is 0.560. The van der Waals surface area contributed by atoms with Crippen molar-refractivity contribution in [1.29, 1.82) is 0 Å². The van der Waals surface area contributed by atoms with Gasteiger partial charge in [0.05, 0.1) is 11.6 Å². The van der Waals surface area contributed by atoms with Gasteiger partial charge in [-0.3, -0.25) is 9.59 Å². The number of aromatic nitrogens is 4. The Balaban J connectivity index is 1.69. The van der Waals surface area contributed by atoms with E-state index in [0.717, 1.165) is 0 Å². The number of benzene rings is 1. The zero-order chi connectivity index (χ0) is 19.4. The summed E-state index contributed by atoms with van der Waals surface area (Å²) in [5.41, 5.74) is 0.340. The number of hydrogen-bond acceptors (Lipinski definition) is 6. The molecule has 0 spiro atoms. The second kappa shape index (κ2) is 8.34. The Kier molecular flexibility index (Phi) is 5.90. The standard InChI is InChI=1S/C17H21ClN6O3/c1-10(16-20-22-23-21-16)19-17(26)14-9-12(18)3-4-15(14)27-13-5-7-24(8-6-13)11(2)25/h3-4,9-10,13H,5-8H2,1-2H3,(H,19,26)(H,20,21,22,23)/t10-/m0/s1. The van der Waals surface area contributed by atoms with E-state index < -0.39 is 6.04 Å². The van der Waals surface area contributed by atoms with Gasteiger partial charge in [0.15, 0.2) is 5.82 Å². The van der Waals surface area contributed by atoms with Crippen LogP contribution in [0, 0.1) is 0 Å². The monoisotopic (exact) mass is 392 g/mol. The van der Waals surface area contributed by atoms with Crippen molar-refractivity contribution in [3.05, 3.63) is 34.6 Å². The molecule has 0 saturated carbocycles. The van der Waals surface area contributed by atoms with Crippen LogP contribution in [0.4, 0.5) is 0 Å². The second-order valence-electron chi connectivity index (χ2n) is 6.43. The fourth-order valence-corrected chi connectivity index (χ4v) is 3.11. The van der Waals surface area contributed by atoms with Gasteiger partial charge in [0, 0.05) is 37.9 Å². The number of carbonyl (C=O) groups excluding carboxylic acids is 2. The molecule has 1 atom stereocenters. The molecule has 2 heterocycles. The van der Waals surface area contributed by atoms with Crippen LogP contribution in [0.15, 0.2) is 18.2 Å². The van der Waals surface area contributed by atoms with Gasteiger partial charge in [-0.2, -0.15) is 5.21 Å². The molecule has 2 amide bonds. The summed E-state index contributed by atoms with van der Waals surface area (Å²) in [6.45, 7) is 4.60. The predicted molar refractivity (Wildman–Crippen MR) is 97.4 cm³/mol. The molecule has 144 valence electrons. The van der Waals surface area contributed by atoms with Crippen molar-refractivity contribution in [2.45, 2.75) is 38.8 Å². The highest BCUT2D eigenvalue weighted by Crippen LogP contribution is 2.27. The van der Waals surface area contributed by atoms with Crippen molar-refractivity contribution < 1.29 is 14.3 Å². The molecule has 0 bridgehead atoms. The lowest BCUT2D eigenvalue weighted by Crippen LogP contribution is -2.40. The van der Waals surface area contributed by atoms with Gasteiger partial charge >= 0.3 is 0 Å². The number of halogens is 1. The summed E-state index contributed by atoms with van der Waals surface area (Å²) in [7, 11) is 0. The molecular formula is C17H21ClN6O3. The number of nitrogens with zero attached hydrogens (tertiary/aromatic N) is 4. The van der Waals surface area contributed by atoms with Crippen molar-refractivity contribution in [2.75, 3.05) is 13.1 Å². The first kappa shape index (κ1) is 19.1. The normalized spacial score (nSPS) is 16.0. The molecular weight excluding hydrogens is 372 g/mol. The van der Waals surface area contributed by atoms with Gasteiger partial charge in [-0.05, 0) is 25.1 Å². The number of tetrazole rings is 1. The van der Waals surface area contributed by atoms with E-state index in [9.17, 15) is 9.59 Å². The first-order valence-electron chi connectivity index (χ1n) is 8.70. The maximum absolute atomic E-state index is 12.7. The van der Waals surface area contributed by atoms with Crippen LogP contribution in [0.25, 0.3) is 0 Å². The van der Waals surface area contributed by atoms with Crippen molar-refractivity contribution in [3.63, 3.8) is 0 Å². The molecule has 2 N–H and O–H groups in total. The highest BCUT2D eigenvalue weighted by molar-refractivity contribution is 6.31. The quantitative estimate of drug-likeness (QED) is 0.801. The van der Waals surface area contributed by atoms with Crippen molar-refractivity contribution in [1.82, 2.24) is 30.8 Å². The molecule has 1 aromatic heterocycles. The third-order valence-corrected chi connectivity index (χ3v) is 4.70. The Morgan fingerprint density at radius 3 is 2.74 bits per heavy atom. The zero-order valence-electron chi connectivity index (χ0n) is 15.1. The number of hydrogen-bond donors (Lipinski definition) is 2. The first-order valence-corrected chi connectivity index (χ1v) is 9.07. The highest BCUT2D eigenvalue weighted by atomic mass is 35.5. The third-order valence-electron chi connectivity index (χ3n) is 4.46. The molecule has 1 aliphatic heterocycles. The zero-order valence-corrected chi connectivity index (χ0v) is 15.9. The summed E-state index contributed by atoms with van der Waals surface area (Å²) in [6.07, 6.45) is 1.35. The molecule has 0 aliphatic carbocycles. The van der Waals surface area contributed by atoms with Crippen LogP contribution in [0.5, 0.6) is 5.75 Å². The summed E-state index contributed by atoms with van der Waals surface area (Å²) in [6, 6.07) is 4.51. The van der Waals surface area contributed by atoms with E-state index in [2.05, 4.69) is 25.9 Å². The summed E-state index contributed by atoms with van der Waals surface area (Å²) in [4.78, 5) is 26.0. The molecule has 0 unspecified atom stereocenters. The lowest BCUT2D eigenvalue weighted by atomic mass is 10.1. The van der Waals surface area contributed by atoms with Crippen LogP contribution in [-0.2, 0) is 4.79 Å². The maximum Gasteiger partial charge on any atom is 0.255 e. The number of piperidine rings is 1. The summed E-state index contributed by atoms with van der Waals surface area (Å²) in [5, 5.41) is 16.8. The van der Waals surface area contributed by atoms with E-state index in [-0.39, 0.29) is 17.9 Å². The molecule has 3 rings (SSSR count). The lowest BCUT2D eigenvalue weighted by molar-refractivity contribution is -0.130. The first-order chi connectivity index (χ1) is 12.9. The van der Waals surface area contributed by atoms with Gasteiger partial charge in [0.2, 0.25) is 5.91 Å². The Bertz CT molecular complexity index is 805. The minimum atomic E-state index is -0.429. The number of carbonyl (C=O) groups is 2. The fourth-order valence-electron chi connectivity index (χ4n) is 2.94. The maximum atomic E-state index is 12.7. The Labute approximate surface area is 161 Å². The molecule has 1 saturated heterocycles. The average Bonchev–Trinajstić information content (AvgIpc) is 3.18. The van der Waals surface area contributed by atoms with E-state index in [1.807, 2.05) is 0 Å². The number of rotatable bonds is 5. The third kappa shape index (κ3) is 4.73. The van der Waals surface area contributed by atoms with Crippen LogP contribution in [0.3, 0.4) is 0 Å².